The first-order valence-electron chi connectivity index (χ1n) is 2.76. The second kappa shape index (κ2) is 3.83. The number of nitrogens with one attached hydrogen (secondary N) is 1. The predicted molar refractivity (Wildman–Crippen MR) is 33.6 cm³/mol. The Hall–Kier alpha value is -0.120. The largest absolute Gasteiger partial charge is 0.392 e. The van der Waals surface area contributed by atoms with Crippen LogP contribution >= 0.6 is 0 Å². The van der Waals surface area contributed by atoms with Gasteiger partial charge in [-0.25, -0.2) is 0 Å². The van der Waals surface area contributed by atoms with E-state index in [-0.39, 0.29) is 6.04 Å². The van der Waals surface area contributed by atoms with Gasteiger partial charge in [-0.3, -0.25) is 0 Å². The van der Waals surface area contributed by atoms with Crippen LogP contribution in [0.4, 0.5) is 0 Å². The summed E-state index contributed by atoms with van der Waals surface area (Å²) >= 11 is 0. The molecule has 8 heavy (non-hydrogen) atoms. The lowest BCUT2D eigenvalue weighted by Gasteiger charge is -2.12. The summed E-state index contributed by atoms with van der Waals surface area (Å²) in [6.07, 6.45) is -0.414. The first-order valence-corrected chi connectivity index (χ1v) is 2.76. The second-order valence-corrected chi connectivity index (χ2v) is 1.96. The fourth-order valence-electron chi connectivity index (χ4n) is 0.406. The van der Waals surface area contributed by atoms with E-state index in [1.165, 1.54) is 0 Å². The maximum Gasteiger partial charge on any atom is 0.0675 e. The minimum Gasteiger partial charge on any atom is -0.392 e. The summed E-state index contributed by atoms with van der Waals surface area (Å²) in [6.45, 7) is 2.35. The van der Waals surface area contributed by atoms with Gasteiger partial charge < -0.3 is 16.2 Å². The molecule has 0 aliphatic carbocycles. The van der Waals surface area contributed by atoms with Crippen molar-refractivity contribution < 1.29 is 5.11 Å². The van der Waals surface area contributed by atoms with Crippen molar-refractivity contribution in [3.05, 3.63) is 0 Å². The van der Waals surface area contributed by atoms with Gasteiger partial charge in [0.1, 0.15) is 0 Å². The van der Waals surface area contributed by atoms with E-state index in [0.29, 0.717) is 6.54 Å². The van der Waals surface area contributed by atoms with Crippen molar-refractivity contribution in [2.24, 2.45) is 5.73 Å². The Bertz CT molecular complexity index is 56.4. The second-order valence-electron chi connectivity index (χ2n) is 1.96. The lowest BCUT2D eigenvalue weighted by atomic mass is 10.2. The van der Waals surface area contributed by atoms with Crippen molar-refractivity contribution in [1.82, 2.24) is 5.32 Å². The van der Waals surface area contributed by atoms with Gasteiger partial charge in [-0.1, -0.05) is 0 Å². The molecule has 3 heteroatoms. The minimum absolute atomic E-state index is 0.139. The number of likely N-dealkylation sites (N-methyl/N-ethyl adjacent to an activating group) is 1. The average molecular weight is 118 g/mol. The number of hydrogen-bond acceptors (Lipinski definition) is 3. The van der Waals surface area contributed by atoms with E-state index in [1.807, 2.05) is 7.05 Å². The SMILES string of the molecule is CNCC(N)C(C)O. The molecule has 0 fully saturated rings. The summed E-state index contributed by atoms with van der Waals surface area (Å²) < 4.78 is 0. The van der Waals surface area contributed by atoms with E-state index < -0.39 is 6.10 Å². The zero-order valence-corrected chi connectivity index (χ0v) is 5.39. The van der Waals surface area contributed by atoms with Gasteiger partial charge in [-0.05, 0) is 14.0 Å². The summed E-state index contributed by atoms with van der Waals surface area (Å²) in [4.78, 5) is 0. The van der Waals surface area contributed by atoms with Gasteiger partial charge >= 0.3 is 0 Å². The topological polar surface area (TPSA) is 58.3 Å². The fraction of sp³-hybridized carbons (Fsp3) is 1.00. The Labute approximate surface area is 49.9 Å². The molecular formula is C5H14N2O. The molecule has 50 valence electrons. The van der Waals surface area contributed by atoms with Crippen molar-refractivity contribution >= 4 is 0 Å². The van der Waals surface area contributed by atoms with Crippen molar-refractivity contribution in [3.63, 3.8) is 0 Å². The van der Waals surface area contributed by atoms with E-state index in [4.69, 9.17) is 10.8 Å². The molecule has 2 atom stereocenters. The summed E-state index contributed by atoms with van der Waals surface area (Å²) in [7, 11) is 1.81. The Kier molecular flexibility index (Phi) is 3.77. The molecule has 0 saturated carbocycles. The van der Waals surface area contributed by atoms with Gasteiger partial charge in [0.05, 0.1) is 6.10 Å². The standard InChI is InChI=1S/C5H14N2O/c1-4(8)5(6)3-7-2/h4-5,7-8H,3,6H2,1-2H3. The van der Waals surface area contributed by atoms with E-state index in [9.17, 15) is 0 Å². The van der Waals surface area contributed by atoms with Crippen LogP contribution in [-0.4, -0.2) is 30.8 Å². The van der Waals surface area contributed by atoms with Crippen LogP contribution in [0, 0.1) is 0 Å². The molecule has 0 bridgehead atoms. The molecule has 0 spiro atoms. The first kappa shape index (κ1) is 7.88. The Balaban J connectivity index is 3.17. The monoisotopic (exact) mass is 118 g/mol. The maximum atomic E-state index is 8.79. The lowest BCUT2D eigenvalue weighted by Crippen LogP contribution is -2.40. The Morgan fingerprint density at radius 3 is 2.38 bits per heavy atom. The van der Waals surface area contributed by atoms with E-state index in [1.54, 1.807) is 6.92 Å². The molecule has 0 radical (unpaired) electrons. The number of hydrogen-bond donors (Lipinski definition) is 3. The van der Waals surface area contributed by atoms with Crippen LogP contribution in [0.2, 0.25) is 0 Å². The number of rotatable bonds is 3. The van der Waals surface area contributed by atoms with Crippen molar-refractivity contribution in [1.29, 1.82) is 0 Å². The van der Waals surface area contributed by atoms with Crippen LogP contribution < -0.4 is 11.1 Å². The highest BCUT2D eigenvalue weighted by atomic mass is 16.3. The molecule has 0 aromatic carbocycles. The van der Waals surface area contributed by atoms with Crippen LogP contribution in [-0.2, 0) is 0 Å². The molecule has 2 unspecified atom stereocenters. The van der Waals surface area contributed by atoms with Crippen molar-refractivity contribution in [3.8, 4) is 0 Å². The third kappa shape index (κ3) is 2.96. The first-order chi connectivity index (χ1) is 3.68. The van der Waals surface area contributed by atoms with Crippen LogP contribution in [0.25, 0.3) is 0 Å². The molecule has 0 amide bonds. The molecule has 0 rings (SSSR count). The number of aliphatic hydroxyl groups excluding tert-OH is 1. The third-order valence-electron chi connectivity index (χ3n) is 1.06. The Morgan fingerprint density at radius 2 is 2.25 bits per heavy atom. The zero-order valence-electron chi connectivity index (χ0n) is 5.39. The molecule has 3 nitrogen and oxygen atoms in total. The average Bonchev–Trinajstić information content (AvgIpc) is 1.67. The molecule has 0 aromatic heterocycles. The summed E-state index contributed by atoms with van der Waals surface area (Å²) in [5, 5.41) is 11.7. The van der Waals surface area contributed by atoms with Crippen LogP contribution in [0.15, 0.2) is 0 Å². The Morgan fingerprint density at radius 1 is 1.75 bits per heavy atom. The smallest absolute Gasteiger partial charge is 0.0675 e. The van der Waals surface area contributed by atoms with Crippen LogP contribution in [0.3, 0.4) is 0 Å². The minimum atomic E-state index is -0.414. The zero-order chi connectivity index (χ0) is 6.57. The molecule has 0 aromatic rings. The summed E-state index contributed by atoms with van der Waals surface area (Å²) in [6, 6.07) is -0.139. The predicted octanol–water partition coefficient (Wildman–Crippen LogP) is -1.09. The highest BCUT2D eigenvalue weighted by molar-refractivity contribution is 4.68. The molecule has 0 aliphatic rings. The molecule has 0 heterocycles. The van der Waals surface area contributed by atoms with E-state index in [0.717, 1.165) is 0 Å². The van der Waals surface area contributed by atoms with Gasteiger partial charge in [0, 0.05) is 12.6 Å². The fourth-order valence-corrected chi connectivity index (χ4v) is 0.406. The van der Waals surface area contributed by atoms with Gasteiger partial charge in [-0.15, -0.1) is 0 Å². The van der Waals surface area contributed by atoms with Gasteiger partial charge in [0.2, 0.25) is 0 Å². The van der Waals surface area contributed by atoms with Gasteiger partial charge in [0.25, 0.3) is 0 Å². The lowest BCUT2D eigenvalue weighted by molar-refractivity contribution is 0.163. The molecular weight excluding hydrogens is 104 g/mol. The maximum absolute atomic E-state index is 8.79. The van der Waals surface area contributed by atoms with Gasteiger partial charge in [0.15, 0.2) is 0 Å². The highest BCUT2D eigenvalue weighted by Crippen LogP contribution is 1.83. The third-order valence-corrected chi connectivity index (χ3v) is 1.06. The molecule has 4 N–H and O–H groups in total. The molecule has 0 saturated heterocycles. The van der Waals surface area contributed by atoms with Crippen molar-refractivity contribution in [2.45, 2.75) is 19.1 Å². The summed E-state index contributed by atoms with van der Waals surface area (Å²) in [5.74, 6) is 0. The molecule has 0 aliphatic heterocycles. The quantitative estimate of drug-likeness (QED) is 0.441. The van der Waals surface area contributed by atoms with Crippen molar-refractivity contribution in [2.75, 3.05) is 13.6 Å². The number of aliphatic hydroxyl groups is 1. The highest BCUT2D eigenvalue weighted by Gasteiger charge is 2.05. The van der Waals surface area contributed by atoms with Gasteiger partial charge in [-0.2, -0.15) is 0 Å². The normalized spacial score (nSPS) is 18.0. The van der Waals surface area contributed by atoms with E-state index >= 15 is 0 Å². The number of nitrogens with two attached hydrogens (primary N) is 1. The van der Waals surface area contributed by atoms with E-state index in [2.05, 4.69) is 5.32 Å². The summed E-state index contributed by atoms with van der Waals surface area (Å²) in [5.41, 5.74) is 5.41. The van der Waals surface area contributed by atoms with Crippen LogP contribution in [0.5, 0.6) is 0 Å². The van der Waals surface area contributed by atoms with Crippen LogP contribution in [0.1, 0.15) is 6.92 Å².